The Labute approximate surface area is 94.2 Å². The van der Waals surface area contributed by atoms with E-state index in [1.165, 1.54) is 0 Å². The Morgan fingerprint density at radius 1 is 1.12 bits per heavy atom. The Morgan fingerprint density at radius 2 is 1.81 bits per heavy atom. The molecule has 2 nitrogen and oxygen atoms in total. The van der Waals surface area contributed by atoms with Crippen LogP contribution < -0.4 is 5.32 Å². The van der Waals surface area contributed by atoms with Crippen LogP contribution in [0.25, 0.3) is 0 Å². The minimum atomic E-state index is -3.99. The fourth-order valence-electron chi connectivity index (χ4n) is 2.91. The molecule has 94 valence electrons. The molecule has 0 amide bonds. The average Bonchev–Trinajstić information content (AvgIpc) is 2.67. The summed E-state index contributed by atoms with van der Waals surface area (Å²) < 4.78 is 38.2. The van der Waals surface area contributed by atoms with Gasteiger partial charge in [0.2, 0.25) is 0 Å². The summed E-state index contributed by atoms with van der Waals surface area (Å²) in [5.41, 5.74) is 0. The lowest BCUT2D eigenvalue weighted by Gasteiger charge is -2.32. The van der Waals surface area contributed by atoms with E-state index in [4.69, 9.17) is 0 Å². The molecular formula is C11H19F3N2. The molecule has 1 saturated carbocycles. The van der Waals surface area contributed by atoms with E-state index in [0.717, 1.165) is 39.0 Å². The topological polar surface area (TPSA) is 15.3 Å². The predicted molar refractivity (Wildman–Crippen MR) is 56.2 cm³/mol. The first-order valence-electron chi connectivity index (χ1n) is 6.07. The number of nitrogens with one attached hydrogen (secondary N) is 1. The van der Waals surface area contributed by atoms with Crippen molar-refractivity contribution in [1.29, 1.82) is 0 Å². The lowest BCUT2D eigenvalue weighted by atomic mass is 9.94. The summed E-state index contributed by atoms with van der Waals surface area (Å²) in [6.07, 6.45) is -2.18. The minimum Gasteiger partial charge on any atom is -0.314 e. The standard InChI is InChI=1S/C11H19F3N2/c12-11(13,14)10-3-1-2-9(10)8-16-6-4-15-5-7-16/h9-10,15H,1-8H2. The molecule has 2 unspecified atom stereocenters. The molecule has 5 heteroatoms. The van der Waals surface area contributed by atoms with Crippen LogP contribution in [0.1, 0.15) is 19.3 Å². The zero-order chi connectivity index (χ0) is 11.6. The third kappa shape index (κ3) is 2.88. The van der Waals surface area contributed by atoms with E-state index in [1.807, 2.05) is 0 Å². The zero-order valence-corrected chi connectivity index (χ0v) is 9.39. The fourth-order valence-corrected chi connectivity index (χ4v) is 2.91. The molecule has 1 N–H and O–H groups in total. The molecule has 1 aliphatic heterocycles. The van der Waals surface area contributed by atoms with Crippen LogP contribution in [0.2, 0.25) is 0 Å². The van der Waals surface area contributed by atoms with Crippen LogP contribution in [0.3, 0.4) is 0 Å². The van der Waals surface area contributed by atoms with Crippen molar-refractivity contribution in [3.8, 4) is 0 Å². The van der Waals surface area contributed by atoms with Crippen molar-refractivity contribution in [3.05, 3.63) is 0 Å². The third-order valence-electron chi connectivity index (χ3n) is 3.78. The summed E-state index contributed by atoms with van der Waals surface area (Å²) in [7, 11) is 0. The quantitative estimate of drug-likeness (QED) is 0.787. The molecule has 0 spiro atoms. The average molecular weight is 236 g/mol. The number of piperazine rings is 1. The van der Waals surface area contributed by atoms with Crippen LogP contribution in [-0.2, 0) is 0 Å². The van der Waals surface area contributed by atoms with Crippen molar-refractivity contribution in [2.45, 2.75) is 25.4 Å². The maximum absolute atomic E-state index is 12.7. The highest BCUT2D eigenvalue weighted by Crippen LogP contribution is 2.43. The summed E-state index contributed by atoms with van der Waals surface area (Å²) in [6, 6.07) is 0. The molecule has 2 rings (SSSR count). The molecule has 2 atom stereocenters. The lowest BCUT2D eigenvalue weighted by Crippen LogP contribution is -2.46. The molecule has 1 aliphatic carbocycles. The van der Waals surface area contributed by atoms with E-state index in [2.05, 4.69) is 10.2 Å². The van der Waals surface area contributed by atoms with Crippen LogP contribution in [0, 0.1) is 11.8 Å². The van der Waals surface area contributed by atoms with Crippen molar-refractivity contribution >= 4 is 0 Å². The highest BCUT2D eigenvalue weighted by molar-refractivity contribution is 4.85. The molecular weight excluding hydrogens is 217 g/mol. The number of nitrogens with zero attached hydrogens (tertiary/aromatic N) is 1. The molecule has 1 saturated heterocycles. The van der Waals surface area contributed by atoms with Gasteiger partial charge in [0.15, 0.2) is 0 Å². The highest BCUT2D eigenvalue weighted by Gasteiger charge is 2.47. The molecule has 0 aromatic carbocycles. The van der Waals surface area contributed by atoms with Crippen LogP contribution in [-0.4, -0.2) is 43.8 Å². The van der Waals surface area contributed by atoms with Crippen molar-refractivity contribution in [3.63, 3.8) is 0 Å². The van der Waals surface area contributed by atoms with Crippen molar-refractivity contribution in [2.75, 3.05) is 32.7 Å². The van der Waals surface area contributed by atoms with Crippen LogP contribution in [0.15, 0.2) is 0 Å². The third-order valence-corrected chi connectivity index (χ3v) is 3.78. The van der Waals surface area contributed by atoms with Gasteiger partial charge in [-0.3, -0.25) is 0 Å². The van der Waals surface area contributed by atoms with Gasteiger partial charge in [-0.2, -0.15) is 13.2 Å². The molecule has 16 heavy (non-hydrogen) atoms. The summed E-state index contributed by atoms with van der Waals surface area (Å²) >= 11 is 0. The monoisotopic (exact) mass is 236 g/mol. The van der Waals surface area contributed by atoms with Crippen LogP contribution in [0.4, 0.5) is 13.2 Å². The second-order valence-corrected chi connectivity index (χ2v) is 4.89. The second-order valence-electron chi connectivity index (χ2n) is 4.89. The van der Waals surface area contributed by atoms with Crippen LogP contribution >= 0.6 is 0 Å². The maximum Gasteiger partial charge on any atom is 0.392 e. The molecule has 2 aliphatic rings. The molecule has 0 radical (unpaired) electrons. The Bertz CT molecular complexity index is 224. The van der Waals surface area contributed by atoms with E-state index >= 15 is 0 Å². The molecule has 0 aromatic heterocycles. The van der Waals surface area contributed by atoms with Gasteiger partial charge in [0.1, 0.15) is 0 Å². The SMILES string of the molecule is FC(F)(F)C1CCCC1CN1CCNCC1. The summed E-state index contributed by atoms with van der Waals surface area (Å²) in [6.45, 7) is 4.22. The van der Waals surface area contributed by atoms with Gasteiger partial charge in [-0.1, -0.05) is 6.42 Å². The van der Waals surface area contributed by atoms with Gasteiger partial charge in [0.25, 0.3) is 0 Å². The Hall–Kier alpha value is -0.290. The number of halogens is 3. The largest absolute Gasteiger partial charge is 0.392 e. The van der Waals surface area contributed by atoms with Crippen molar-refractivity contribution in [1.82, 2.24) is 10.2 Å². The normalized spacial score (nSPS) is 33.2. The smallest absolute Gasteiger partial charge is 0.314 e. The van der Waals surface area contributed by atoms with E-state index in [9.17, 15) is 13.2 Å². The van der Waals surface area contributed by atoms with Gasteiger partial charge in [-0.05, 0) is 18.8 Å². The Kier molecular flexibility index (Phi) is 3.74. The number of alkyl halides is 3. The van der Waals surface area contributed by atoms with Gasteiger partial charge in [-0.15, -0.1) is 0 Å². The summed E-state index contributed by atoms with van der Waals surface area (Å²) in [5.74, 6) is -1.22. The summed E-state index contributed by atoms with van der Waals surface area (Å²) in [4.78, 5) is 2.17. The van der Waals surface area contributed by atoms with Gasteiger partial charge >= 0.3 is 6.18 Å². The summed E-state index contributed by atoms with van der Waals surface area (Å²) in [5, 5.41) is 3.22. The molecule has 2 fully saturated rings. The van der Waals surface area contributed by atoms with E-state index in [1.54, 1.807) is 0 Å². The molecule has 1 heterocycles. The molecule has 0 aromatic rings. The van der Waals surface area contributed by atoms with E-state index in [-0.39, 0.29) is 5.92 Å². The van der Waals surface area contributed by atoms with Gasteiger partial charge in [-0.25, -0.2) is 0 Å². The van der Waals surface area contributed by atoms with Gasteiger partial charge < -0.3 is 10.2 Å². The lowest BCUT2D eigenvalue weighted by molar-refractivity contribution is -0.184. The van der Waals surface area contributed by atoms with Gasteiger partial charge in [0, 0.05) is 32.7 Å². The minimum absolute atomic E-state index is 0.168. The van der Waals surface area contributed by atoms with E-state index in [0.29, 0.717) is 13.0 Å². The van der Waals surface area contributed by atoms with Crippen LogP contribution in [0.5, 0.6) is 0 Å². The first-order valence-corrected chi connectivity index (χ1v) is 6.07. The first kappa shape index (κ1) is 12.2. The number of hydrogen-bond acceptors (Lipinski definition) is 2. The van der Waals surface area contributed by atoms with Crippen molar-refractivity contribution in [2.24, 2.45) is 11.8 Å². The van der Waals surface area contributed by atoms with Crippen molar-refractivity contribution < 1.29 is 13.2 Å². The van der Waals surface area contributed by atoms with E-state index < -0.39 is 12.1 Å². The molecule has 0 bridgehead atoms. The highest BCUT2D eigenvalue weighted by atomic mass is 19.4. The predicted octanol–water partition coefficient (Wildman–Crippen LogP) is 1.87. The number of hydrogen-bond donors (Lipinski definition) is 1. The fraction of sp³-hybridized carbons (Fsp3) is 1.00. The number of rotatable bonds is 2. The second kappa shape index (κ2) is 4.92. The zero-order valence-electron chi connectivity index (χ0n) is 9.39. The van der Waals surface area contributed by atoms with Gasteiger partial charge in [0.05, 0.1) is 5.92 Å². The Morgan fingerprint density at radius 3 is 2.44 bits per heavy atom. The Balaban J connectivity index is 1.88. The maximum atomic E-state index is 12.7. The first-order chi connectivity index (χ1) is 7.57.